The van der Waals surface area contributed by atoms with Crippen LogP contribution in [0.4, 0.5) is 26.3 Å². The predicted molar refractivity (Wildman–Crippen MR) is 76.5 cm³/mol. The molecule has 0 radical (unpaired) electrons. The molecule has 0 aromatic heterocycles. The molecule has 0 N–H and O–H groups in total. The number of benzene rings is 2. The van der Waals surface area contributed by atoms with Crippen LogP contribution >= 0.6 is 0 Å². The molecule has 0 heterocycles. The first-order valence-corrected chi connectivity index (χ1v) is 7.01. The minimum Gasteiger partial charge on any atom is -0.456 e. The molecule has 8 heteroatoms. The lowest BCUT2D eigenvalue weighted by Crippen LogP contribution is -2.56. The summed E-state index contributed by atoms with van der Waals surface area (Å²) >= 11 is 0. The maximum Gasteiger partial charge on any atom is 0.411 e. The van der Waals surface area contributed by atoms with Crippen molar-refractivity contribution in [3.63, 3.8) is 0 Å². The predicted octanol–water partition coefficient (Wildman–Crippen LogP) is 4.79. The number of halogens is 6. The number of hydrogen-bond acceptors (Lipinski definition) is 2. The molecule has 134 valence electrons. The molecule has 0 saturated heterocycles. The number of ether oxygens (including phenoxy) is 1. The van der Waals surface area contributed by atoms with E-state index in [-0.39, 0.29) is 5.56 Å². The van der Waals surface area contributed by atoms with E-state index in [1.54, 1.807) is 6.07 Å². The summed E-state index contributed by atoms with van der Waals surface area (Å²) in [6, 6.07) is 11.7. The highest BCUT2D eigenvalue weighted by Gasteiger charge is 2.76. The molecule has 0 fully saturated rings. The number of esters is 1. The molecular weight excluding hydrogens is 350 g/mol. The summed E-state index contributed by atoms with van der Waals surface area (Å²) in [6.45, 7) is -0.748. The van der Waals surface area contributed by atoms with Gasteiger partial charge in [0, 0.05) is 5.56 Å². The Bertz CT molecular complexity index is 716. The van der Waals surface area contributed by atoms with Gasteiger partial charge in [-0.3, -0.25) is 0 Å². The van der Waals surface area contributed by atoms with Crippen LogP contribution in [0.2, 0.25) is 0 Å². The topological polar surface area (TPSA) is 26.3 Å². The average Bonchev–Trinajstić information content (AvgIpc) is 2.60. The van der Waals surface area contributed by atoms with Crippen LogP contribution < -0.4 is 0 Å². The first-order valence-electron chi connectivity index (χ1n) is 7.01. The number of rotatable bonds is 6. The summed E-state index contributed by atoms with van der Waals surface area (Å²) in [4.78, 5) is 11.4. The van der Waals surface area contributed by atoms with Crippen LogP contribution in [0.5, 0.6) is 0 Å². The molecule has 2 aromatic rings. The Morgan fingerprint density at radius 2 is 1.28 bits per heavy atom. The van der Waals surface area contributed by atoms with E-state index < -0.39 is 35.9 Å². The molecule has 0 atom stereocenters. The van der Waals surface area contributed by atoms with E-state index in [0.29, 0.717) is 12.1 Å². The zero-order valence-electron chi connectivity index (χ0n) is 12.6. The van der Waals surface area contributed by atoms with Crippen molar-refractivity contribution in [2.75, 3.05) is 0 Å². The van der Waals surface area contributed by atoms with E-state index in [1.165, 1.54) is 30.3 Å². The lowest BCUT2D eigenvalue weighted by atomic mass is 9.97. The fraction of sp³-hybridized carbons (Fsp3) is 0.235. The van der Waals surface area contributed by atoms with Crippen molar-refractivity contribution in [1.82, 2.24) is 0 Å². The second kappa shape index (κ2) is 6.78. The quantitative estimate of drug-likeness (QED) is 0.545. The number of hydrogen-bond donors (Lipinski definition) is 0. The lowest BCUT2D eigenvalue weighted by Gasteiger charge is -2.31. The van der Waals surface area contributed by atoms with Gasteiger partial charge in [0.25, 0.3) is 0 Å². The number of carbonyl (C=O) groups is 1. The van der Waals surface area contributed by atoms with Crippen molar-refractivity contribution >= 4 is 5.97 Å². The van der Waals surface area contributed by atoms with E-state index in [2.05, 4.69) is 4.74 Å². The van der Waals surface area contributed by atoms with Crippen molar-refractivity contribution in [1.29, 1.82) is 0 Å². The summed E-state index contributed by atoms with van der Waals surface area (Å²) in [7, 11) is 0. The maximum atomic E-state index is 13.9. The molecule has 2 rings (SSSR count). The second-order valence-corrected chi connectivity index (χ2v) is 5.15. The minimum atomic E-state index is -5.98. The summed E-state index contributed by atoms with van der Waals surface area (Å²) in [5, 5.41) is 0. The van der Waals surface area contributed by atoms with Crippen molar-refractivity contribution in [2.45, 2.75) is 24.4 Å². The van der Waals surface area contributed by atoms with E-state index in [0.717, 1.165) is 12.1 Å². The smallest absolute Gasteiger partial charge is 0.411 e. The van der Waals surface area contributed by atoms with Gasteiger partial charge in [-0.15, -0.1) is 0 Å². The third-order valence-corrected chi connectivity index (χ3v) is 3.39. The molecule has 0 aliphatic carbocycles. The molecule has 2 aromatic carbocycles. The molecular formula is C17H12F6O2. The largest absolute Gasteiger partial charge is 0.456 e. The molecule has 25 heavy (non-hydrogen) atoms. The van der Waals surface area contributed by atoms with Crippen molar-refractivity contribution < 1.29 is 35.9 Å². The van der Waals surface area contributed by atoms with Crippen LogP contribution in [0.1, 0.15) is 11.1 Å². The minimum absolute atomic E-state index is 0.241. The van der Waals surface area contributed by atoms with E-state index >= 15 is 0 Å². The van der Waals surface area contributed by atoms with Gasteiger partial charge in [0.05, 0.1) is 0 Å². The standard InChI is InChI=1S/C17H12F6O2/c18-15(19,13-9-5-2-6-10-13)17(22,23)16(20,21)14(24)25-11-12-7-3-1-4-8-12/h1-10H,11H2. The molecule has 2 nitrogen and oxygen atoms in total. The highest BCUT2D eigenvalue weighted by molar-refractivity contribution is 5.79. The van der Waals surface area contributed by atoms with Gasteiger partial charge in [-0.1, -0.05) is 60.7 Å². The monoisotopic (exact) mass is 362 g/mol. The van der Waals surface area contributed by atoms with E-state index in [4.69, 9.17) is 0 Å². The maximum absolute atomic E-state index is 13.9. The van der Waals surface area contributed by atoms with Crippen LogP contribution in [0.15, 0.2) is 60.7 Å². The van der Waals surface area contributed by atoms with Crippen LogP contribution in [0, 0.1) is 0 Å². The van der Waals surface area contributed by atoms with Crippen LogP contribution in [0.3, 0.4) is 0 Å². The molecule has 0 spiro atoms. The lowest BCUT2D eigenvalue weighted by molar-refractivity contribution is -0.310. The Balaban J connectivity index is 2.22. The Kier molecular flexibility index (Phi) is 5.10. The number of carbonyl (C=O) groups excluding carboxylic acids is 1. The highest BCUT2D eigenvalue weighted by Crippen LogP contribution is 2.51. The molecule has 0 saturated carbocycles. The van der Waals surface area contributed by atoms with Crippen molar-refractivity contribution in [3.05, 3.63) is 71.8 Å². The van der Waals surface area contributed by atoms with Gasteiger partial charge < -0.3 is 4.74 Å². The first-order chi connectivity index (χ1) is 11.6. The van der Waals surface area contributed by atoms with Crippen molar-refractivity contribution in [2.24, 2.45) is 0 Å². The zero-order valence-corrected chi connectivity index (χ0v) is 12.6. The molecule has 0 aliphatic rings. The van der Waals surface area contributed by atoms with Crippen LogP contribution in [-0.4, -0.2) is 17.8 Å². The van der Waals surface area contributed by atoms with E-state index in [9.17, 15) is 31.1 Å². The van der Waals surface area contributed by atoms with Crippen molar-refractivity contribution in [3.8, 4) is 0 Å². The van der Waals surface area contributed by atoms with Crippen LogP contribution in [0.25, 0.3) is 0 Å². The van der Waals surface area contributed by atoms with Gasteiger partial charge >= 0.3 is 23.7 Å². The SMILES string of the molecule is O=C(OCc1ccccc1)C(F)(F)C(F)(F)C(F)(F)c1ccccc1. The van der Waals surface area contributed by atoms with Gasteiger partial charge in [-0.25, -0.2) is 4.79 Å². The normalized spacial score (nSPS) is 12.7. The summed E-state index contributed by atoms with van der Waals surface area (Å²) in [6.07, 6.45) is 0. The zero-order chi connectivity index (χ0) is 18.7. The van der Waals surface area contributed by atoms with Gasteiger partial charge in [0.2, 0.25) is 0 Å². The fourth-order valence-electron chi connectivity index (χ4n) is 1.97. The Morgan fingerprint density at radius 3 is 1.80 bits per heavy atom. The Morgan fingerprint density at radius 1 is 0.800 bits per heavy atom. The highest BCUT2D eigenvalue weighted by atomic mass is 19.3. The summed E-state index contributed by atoms with van der Waals surface area (Å²) in [5.41, 5.74) is -1.10. The number of alkyl halides is 6. The molecule has 0 aliphatic heterocycles. The average molecular weight is 362 g/mol. The van der Waals surface area contributed by atoms with Gasteiger partial charge in [-0.2, -0.15) is 26.3 Å². The molecule has 0 bridgehead atoms. The molecule has 0 amide bonds. The third-order valence-electron chi connectivity index (χ3n) is 3.39. The Labute approximate surface area is 139 Å². The Hall–Kier alpha value is -2.51. The third kappa shape index (κ3) is 3.47. The van der Waals surface area contributed by atoms with E-state index in [1.807, 2.05) is 0 Å². The first kappa shape index (κ1) is 18.8. The second-order valence-electron chi connectivity index (χ2n) is 5.15. The van der Waals surface area contributed by atoms with Crippen LogP contribution in [-0.2, 0) is 22.1 Å². The fourth-order valence-corrected chi connectivity index (χ4v) is 1.97. The van der Waals surface area contributed by atoms with Gasteiger partial charge in [0.15, 0.2) is 0 Å². The van der Waals surface area contributed by atoms with Gasteiger partial charge in [-0.05, 0) is 5.56 Å². The molecule has 0 unspecified atom stereocenters. The summed E-state index contributed by atoms with van der Waals surface area (Å²) in [5.74, 6) is -19.7. The van der Waals surface area contributed by atoms with Gasteiger partial charge in [0.1, 0.15) is 6.61 Å². The summed E-state index contributed by atoms with van der Waals surface area (Å²) < 4.78 is 87.2.